The molecule has 0 amide bonds. The lowest BCUT2D eigenvalue weighted by Gasteiger charge is -2.18. The molecule has 0 bridgehead atoms. The second kappa shape index (κ2) is 8.85. The summed E-state index contributed by atoms with van der Waals surface area (Å²) in [7, 11) is -3.51. The maximum atomic E-state index is 12.5. The summed E-state index contributed by atoms with van der Waals surface area (Å²) in [6.07, 6.45) is 1.39. The number of aromatic nitrogens is 3. The number of sulfonamides is 1. The third-order valence-corrected chi connectivity index (χ3v) is 7.24. The maximum absolute atomic E-state index is 12.5. The summed E-state index contributed by atoms with van der Waals surface area (Å²) < 4.78 is 31.9. The van der Waals surface area contributed by atoms with Gasteiger partial charge in [-0.25, -0.2) is 13.4 Å². The summed E-state index contributed by atoms with van der Waals surface area (Å²) in [6.45, 7) is 6.42. The number of nitrogens with zero attached hydrogens (tertiary/aromatic N) is 4. The Morgan fingerprint density at radius 2 is 1.82 bits per heavy atom. The molecule has 0 aliphatic heterocycles. The van der Waals surface area contributed by atoms with Gasteiger partial charge in [0.2, 0.25) is 21.7 Å². The van der Waals surface area contributed by atoms with Gasteiger partial charge >= 0.3 is 0 Å². The van der Waals surface area contributed by atoms with E-state index in [4.69, 9.17) is 4.52 Å². The van der Waals surface area contributed by atoms with E-state index in [0.717, 1.165) is 5.56 Å². The zero-order chi connectivity index (χ0) is 20.1. The van der Waals surface area contributed by atoms with E-state index in [9.17, 15) is 8.42 Å². The first kappa shape index (κ1) is 20.5. The highest BCUT2D eigenvalue weighted by Crippen LogP contribution is 2.34. The van der Waals surface area contributed by atoms with Gasteiger partial charge in [0.1, 0.15) is 4.90 Å². The molecule has 1 unspecified atom stereocenters. The van der Waals surface area contributed by atoms with Crippen molar-refractivity contribution in [3.8, 4) is 11.4 Å². The predicted octanol–water partition coefficient (Wildman–Crippen LogP) is 4.02. The van der Waals surface area contributed by atoms with Crippen molar-refractivity contribution in [2.24, 2.45) is 0 Å². The second-order valence-corrected chi connectivity index (χ2v) is 9.30. The van der Waals surface area contributed by atoms with E-state index in [-0.39, 0.29) is 10.1 Å². The third kappa shape index (κ3) is 4.43. The lowest BCUT2D eigenvalue weighted by atomic mass is 10.2. The van der Waals surface area contributed by atoms with Crippen LogP contribution in [0, 0.1) is 0 Å². The minimum atomic E-state index is -3.51. The van der Waals surface area contributed by atoms with Gasteiger partial charge in [0.15, 0.2) is 0 Å². The molecule has 0 N–H and O–H groups in total. The van der Waals surface area contributed by atoms with Gasteiger partial charge in [-0.2, -0.15) is 9.29 Å². The largest absolute Gasteiger partial charge is 0.338 e. The monoisotopic (exact) mass is 418 g/mol. The molecule has 3 aromatic rings. The predicted molar refractivity (Wildman–Crippen MR) is 108 cm³/mol. The molecule has 9 heteroatoms. The van der Waals surface area contributed by atoms with E-state index in [1.807, 2.05) is 51.1 Å². The highest BCUT2D eigenvalue weighted by molar-refractivity contribution is 7.99. The van der Waals surface area contributed by atoms with Crippen LogP contribution in [0.2, 0.25) is 0 Å². The molecule has 1 atom stereocenters. The molecule has 28 heavy (non-hydrogen) atoms. The van der Waals surface area contributed by atoms with Gasteiger partial charge in [0.25, 0.3) is 0 Å². The van der Waals surface area contributed by atoms with Gasteiger partial charge in [-0.1, -0.05) is 61.1 Å². The van der Waals surface area contributed by atoms with Crippen molar-refractivity contribution < 1.29 is 12.9 Å². The molecule has 0 saturated heterocycles. The Morgan fingerprint density at radius 3 is 2.43 bits per heavy atom. The Morgan fingerprint density at radius 1 is 1.11 bits per heavy atom. The molecule has 0 radical (unpaired) electrons. The summed E-state index contributed by atoms with van der Waals surface area (Å²) in [5.74, 6) is 1.03. The van der Waals surface area contributed by atoms with Crippen LogP contribution in [0.3, 0.4) is 0 Å². The Bertz CT molecular complexity index is 1000. The first-order valence-corrected chi connectivity index (χ1v) is 11.3. The molecule has 0 fully saturated rings. The van der Waals surface area contributed by atoms with E-state index >= 15 is 0 Å². The van der Waals surface area contributed by atoms with Crippen LogP contribution in [0.4, 0.5) is 0 Å². The smallest absolute Gasteiger partial charge is 0.244 e. The summed E-state index contributed by atoms with van der Waals surface area (Å²) in [5.41, 5.74) is 0.888. The number of rotatable bonds is 8. The molecule has 1 aromatic carbocycles. The quantitative estimate of drug-likeness (QED) is 0.511. The SMILES string of the molecule is CCN(CC)S(=O)(=O)c1ccc(SC(C)c2nc(-c3ccccc3)no2)nc1. The Hall–Kier alpha value is -2.23. The molecule has 0 aliphatic carbocycles. The number of benzene rings is 1. The van der Waals surface area contributed by atoms with Crippen LogP contribution < -0.4 is 0 Å². The molecule has 0 saturated carbocycles. The van der Waals surface area contributed by atoms with E-state index < -0.39 is 10.0 Å². The fourth-order valence-electron chi connectivity index (χ4n) is 2.64. The minimum Gasteiger partial charge on any atom is -0.338 e. The number of pyridine rings is 1. The summed E-state index contributed by atoms with van der Waals surface area (Å²) in [5, 5.41) is 4.59. The normalized spacial score (nSPS) is 13.0. The minimum absolute atomic E-state index is 0.122. The summed E-state index contributed by atoms with van der Waals surface area (Å²) in [4.78, 5) is 8.94. The van der Waals surface area contributed by atoms with Crippen LogP contribution in [0.5, 0.6) is 0 Å². The highest BCUT2D eigenvalue weighted by atomic mass is 32.2. The fourth-order valence-corrected chi connectivity index (χ4v) is 4.86. The molecule has 148 valence electrons. The van der Waals surface area contributed by atoms with Crippen LogP contribution in [0.1, 0.15) is 31.9 Å². The summed E-state index contributed by atoms with van der Waals surface area (Å²) in [6, 6.07) is 12.9. The molecule has 2 aromatic heterocycles. The molecular weight excluding hydrogens is 396 g/mol. The fraction of sp³-hybridized carbons (Fsp3) is 0.316. The van der Waals surface area contributed by atoms with E-state index in [0.29, 0.717) is 29.8 Å². The average Bonchev–Trinajstić information content (AvgIpc) is 3.20. The molecule has 7 nitrogen and oxygen atoms in total. The standard InChI is InChI=1S/C19H22N4O3S2/c1-4-23(5-2)28(24,25)16-11-12-17(20-13-16)27-14(3)19-21-18(22-26-19)15-9-7-6-8-10-15/h6-14H,4-5H2,1-3H3. The van der Waals surface area contributed by atoms with Crippen molar-refractivity contribution in [1.82, 2.24) is 19.4 Å². The maximum Gasteiger partial charge on any atom is 0.244 e. The molecule has 0 aliphatic rings. The molecule has 2 heterocycles. The summed E-state index contributed by atoms with van der Waals surface area (Å²) >= 11 is 1.43. The zero-order valence-electron chi connectivity index (χ0n) is 15.9. The van der Waals surface area contributed by atoms with Gasteiger partial charge in [0, 0.05) is 24.8 Å². The van der Waals surface area contributed by atoms with Gasteiger partial charge < -0.3 is 4.52 Å². The van der Waals surface area contributed by atoms with Crippen molar-refractivity contribution in [2.45, 2.75) is 35.9 Å². The van der Waals surface area contributed by atoms with E-state index in [2.05, 4.69) is 15.1 Å². The Balaban J connectivity index is 1.72. The molecular formula is C19H22N4O3S2. The van der Waals surface area contributed by atoms with Gasteiger partial charge in [-0.05, 0) is 19.1 Å². The van der Waals surface area contributed by atoms with Gasteiger partial charge in [0.05, 0.1) is 10.3 Å². The lowest BCUT2D eigenvalue weighted by Crippen LogP contribution is -2.30. The van der Waals surface area contributed by atoms with Gasteiger partial charge in [-0.15, -0.1) is 0 Å². The van der Waals surface area contributed by atoms with Crippen LogP contribution in [-0.2, 0) is 10.0 Å². The third-order valence-electron chi connectivity index (χ3n) is 4.17. The number of hydrogen-bond donors (Lipinski definition) is 0. The van der Waals surface area contributed by atoms with Crippen LogP contribution in [0.25, 0.3) is 11.4 Å². The molecule has 0 spiro atoms. The Labute approximate surface area is 169 Å². The van der Waals surface area contributed by atoms with Gasteiger partial charge in [-0.3, -0.25) is 0 Å². The van der Waals surface area contributed by atoms with Crippen molar-refractivity contribution in [3.05, 3.63) is 54.6 Å². The zero-order valence-corrected chi connectivity index (χ0v) is 17.6. The number of hydrogen-bond acceptors (Lipinski definition) is 7. The van der Waals surface area contributed by atoms with Crippen LogP contribution in [0.15, 0.2) is 63.1 Å². The topological polar surface area (TPSA) is 89.2 Å². The number of thioether (sulfide) groups is 1. The Kier molecular flexibility index (Phi) is 6.48. The highest BCUT2D eigenvalue weighted by Gasteiger charge is 2.22. The van der Waals surface area contributed by atoms with E-state index in [1.54, 1.807) is 12.1 Å². The lowest BCUT2D eigenvalue weighted by molar-refractivity contribution is 0.380. The van der Waals surface area contributed by atoms with Crippen molar-refractivity contribution in [3.63, 3.8) is 0 Å². The average molecular weight is 419 g/mol. The van der Waals surface area contributed by atoms with Crippen molar-refractivity contribution in [2.75, 3.05) is 13.1 Å². The first-order chi connectivity index (χ1) is 13.5. The molecule has 3 rings (SSSR count). The van der Waals surface area contributed by atoms with Crippen LogP contribution in [-0.4, -0.2) is 40.9 Å². The van der Waals surface area contributed by atoms with Crippen molar-refractivity contribution in [1.29, 1.82) is 0 Å². The van der Waals surface area contributed by atoms with E-state index in [1.165, 1.54) is 22.3 Å². The van der Waals surface area contributed by atoms with Crippen molar-refractivity contribution >= 4 is 21.8 Å². The first-order valence-electron chi connectivity index (χ1n) is 8.97. The second-order valence-electron chi connectivity index (χ2n) is 6.00. The van der Waals surface area contributed by atoms with Crippen LogP contribution >= 0.6 is 11.8 Å².